The van der Waals surface area contributed by atoms with Gasteiger partial charge >= 0.3 is 0 Å². The third-order valence-electron chi connectivity index (χ3n) is 2.47. The van der Waals surface area contributed by atoms with E-state index in [-0.39, 0.29) is 0 Å². The van der Waals surface area contributed by atoms with E-state index in [1.807, 2.05) is 7.05 Å². The van der Waals surface area contributed by atoms with Crippen molar-refractivity contribution < 1.29 is 0 Å². The van der Waals surface area contributed by atoms with E-state index in [0.717, 1.165) is 21.7 Å². The van der Waals surface area contributed by atoms with Gasteiger partial charge in [0.2, 0.25) is 0 Å². The maximum absolute atomic E-state index is 4.56. The molecular formula is C12H14BrN5. The van der Waals surface area contributed by atoms with Crippen LogP contribution in [-0.2, 0) is 0 Å². The highest BCUT2D eigenvalue weighted by molar-refractivity contribution is 9.10. The molecule has 2 rings (SSSR count). The monoisotopic (exact) mass is 307 g/mol. The van der Waals surface area contributed by atoms with E-state index >= 15 is 0 Å². The first-order valence-electron chi connectivity index (χ1n) is 5.65. The summed E-state index contributed by atoms with van der Waals surface area (Å²) in [6.45, 7) is 4.19. The zero-order chi connectivity index (χ0) is 13.1. The molecule has 18 heavy (non-hydrogen) atoms. The Kier molecular flexibility index (Phi) is 3.86. The predicted octanol–water partition coefficient (Wildman–Crippen LogP) is 2.86. The molecule has 94 valence electrons. The van der Waals surface area contributed by atoms with Gasteiger partial charge in [-0.1, -0.05) is 13.8 Å². The minimum absolute atomic E-state index is 0.301. The van der Waals surface area contributed by atoms with Gasteiger partial charge in [0, 0.05) is 13.2 Å². The van der Waals surface area contributed by atoms with Crippen LogP contribution >= 0.6 is 15.9 Å². The zero-order valence-electron chi connectivity index (χ0n) is 10.5. The minimum Gasteiger partial charge on any atom is -0.372 e. The molecule has 6 heteroatoms. The number of nitrogens with zero attached hydrogens (tertiary/aromatic N) is 4. The lowest BCUT2D eigenvalue weighted by atomic mass is 10.1. The zero-order valence-corrected chi connectivity index (χ0v) is 12.1. The molecule has 0 aliphatic heterocycles. The van der Waals surface area contributed by atoms with Gasteiger partial charge in [-0.15, -0.1) is 0 Å². The molecule has 0 fully saturated rings. The number of hydrogen-bond acceptors (Lipinski definition) is 5. The van der Waals surface area contributed by atoms with Crippen LogP contribution in [-0.4, -0.2) is 27.0 Å². The molecule has 0 saturated carbocycles. The van der Waals surface area contributed by atoms with Crippen LogP contribution in [0, 0.1) is 0 Å². The molecule has 0 radical (unpaired) electrons. The molecule has 0 saturated heterocycles. The molecular weight excluding hydrogens is 294 g/mol. The van der Waals surface area contributed by atoms with Crippen LogP contribution < -0.4 is 5.32 Å². The molecule has 2 aromatic rings. The third kappa shape index (κ3) is 2.48. The largest absolute Gasteiger partial charge is 0.372 e. The molecule has 0 bridgehead atoms. The maximum atomic E-state index is 4.56. The lowest BCUT2D eigenvalue weighted by molar-refractivity contribution is 0.809. The predicted molar refractivity (Wildman–Crippen MR) is 74.4 cm³/mol. The Morgan fingerprint density at radius 1 is 1.28 bits per heavy atom. The number of rotatable bonds is 3. The van der Waals surface area contributed by atoms with E-state index in [0.29, 0.717) is 11.7 Å². The first kappa shape index (κ1) is 12.9. The highest BCUT2D eigenvalue weighted by atomic mass is 79.9. The summed E-state index contributed by atoms with van der Waals surface area (Å²) in [7, 11) is 1.83. The lowest BCUT2D eigenvalue weighted by Gasteiger charge is -2.12. The van der Waals surface area contributed by atoms with Crippen molar-refractivity contribution in [1.82, 2.24) is 19.9 Å². The van der Waals surface area contributed by atoms with Crippen LogP contribution in [0.5, 0.6) is 0 Å². The van der Waals surface area contributed by atoms with Crippen LogP contribution in [0.15, 0.2) is 23.1 Å². The Hall–Kier alpha value is -1.56. The molecule has 0 amide bonds. The molecule has 5 nitrogen and oxygen atoms in total. The van der Waals surface area contributed by atoms with Crippen LogP contribution in [0.25, 0.3) is 11.5 Å². The molecule has 0 atom stereocenters. The first-order valence-corrected chi connectivity index (χ1v) is 6.44. The molecule has 0 unspecified atom stereocenters. The van der Waals surface area contributed by atoms with Crippen molar-refractivity contribution in [2.24, 2.45) is 0 Å². The fourth-order valence-corrected chi connectivity index (χ4v) is 2.38. The summed E-state index contributed by atoms with van der Waals surface area (Å²) < 4.78 is 0.901. The fourth-order valence-electron chi connectivity index (χ4n) is 1.55. The topological polar surface area (TPSA) is 63.6 Å². The molecule has 0 aliphatic rings. The van der Waals surface area contributed by atoms with Crippen LogP contribution in [0.2, 0.25) is 0 Å². The van der Waals surface area contributed by atoms with Gasteiger partial charge in [0.05, 0.1) is 10.2 Å². The average molecular weight is 308 g/mol. The highest BCUT2D eigenvalue weighted by Crippen LogP contribution is 2.30. The van der Waals surface area contributed by atoms with Crippen molar-refractivity contribution in [3.63, 3.8) is 0 Å². The van der Waals surface area contributed by atoms with Crippen LogP contribution in [0.4, 0.5) is 5.82 Å². The Bertz CT molecular complexity index is 542. The Morgan fingerprint density at radius 3 is 2.61 bits per heavy atom. The minimum atomic E-state index is 0.301. The smallest absolute Gasteiger partial charge is 0.180 e. The van der Waals surface area contributed by atoms with Gasteiger partial charge in [0.1, 0.15) is 17.8 Å². The highest BCUT2D eigenvalue weighted by Gasteiger charge is 2.15. The van der Waals surface area contributed by atoms with E-state index in [1.165, 1.54) is 6.33 Å². The standard InChI is InChI=1S/C12H14BrN5/c1-7(2)10-9(13)12(14-3)18-11(17-10)8-4-5-15-6-16-8/h4-7H,1-3H3,(H,14,17,18). The molecule has 2 heterocycles. The fraction of sp³-hybridized carbons (Fsp3) is 0.333. The molecule has 0 aromatic carbocycles. The Labute approximate surface area is 114 Å². The Morgan fingerprint density at radius 2 is 2.06 bits per heavy atom. The number of aromatic nitrogens is 4. The first-order chi connectivity index (χ1) is 8.63. The molecule has 2 aromatic heterocycles. The van der Waals surface area contributed by atoms with E-state index in [9.17, 15) is 0 Å². The van der Waals surface area contributed by atoms with Gasteiger partial charge in [0.15, 0.2) is 5.82 Å². The summed E-state index contributed by atoms with van der Waals surface area (Å²) in [6.07, 6.45) is 3.18. The number of hydrogen-bond donors (Lipinski definition) is 1. The van der Waals surface area contributed by atoms with Crippen molar-refractivity contribution in [2.75, 3.05) is 12.4 Å². The number of halogens is 1. The van der Waals surface area contributed by atoms with Crippen molar-refractivity contribution in [3.8, 4) is 11.5 Å². The van der Waals surface area contributed by atoms with E-state index in [4.69, 9.17) is 0 Å². The van der Waals surface area contributed by atoms with Crippen LogP contribution in [0.1, 0.15) is 25.5 Å². The van der Waals surface area contributed by atoms with Crippen molar-refractivity contribution in [2.45, 2.75) is 19.8 Å². The van der Waals surface area contributed by atoms with E-state index in [2.05, 4.69) is 55.0 Å². The summed E-state index contributed by atoms with van der Waals surface area (Å²) in [6, 6.07) is 1.80. The van der Waals surface area contributed by atoms with Gasteiger partial charge in [-0.05, 0) is 27.9 Å². The second kappa shape index (κ2) is 5.39. The summed E-state index contributed by atoms with van der Waals surface area (Å²) in [5, 5.41) is 3.06. The normalized spacial score (nSPS) is 10.7. The summed E-state index contributed by atoms with van der Waals surface area (Å²) in [5.74, 6) is 1.67. The summed E-state index contributed by atoms with van der Waals surface area (Å²) in [4.78, 5) is 17.1. The third-order valence-corrected chi connectivity index (χ3v) is 3.25. The van der Waals surface area contributed by atoms with Gasteiger partial charge in [0.25, 0.3) is 0 Å². The quantitative estimate of drug-likeness (QED) is 0.944. The lowest BCUT2D eigenvalue weighted by Crippen LogP contribution is -2.05. The molecule has 0 spiro atoms. The van der Waals surface area contributed by atoms with Gasteiger partial charge in [-0.2, -0.15) is 0 Å². The molecule has 1 N–H and O–H groups in total. The maximum Gasteiger partial charge on any atom is 0.180 e. The van der Waals surface area contributed by atoms with Gasteiger partial charge in [-0.25, -0.2) is 19.9 Å². The number of anilines is 1. The molecule has 0 aliphatic carbocycles. The van der Waals surface area contributed by atoms with Gasteiger partial charge < -0.3 is 5.32 Å². The van der Waals surface area contributed by atoms with Gasteiger partial charge in [-0.3, -0.25) is 0 Å². The van der Waals surface area contributed by atoms with E-state index < -0.39 is 0 Å². The van der Waals surface area contributed by atoms with E-state index in [1.54, 1.807) is 12.3 Å². The number of nitrogens with one attached hydrogen (secondary N) is 1. The van der Waals surface area contributed by atoms with Crippen molar-refractivity contribution >= 4 is 21.7 Å². The second-order valence-corrected chi connectivity index (χ2v) is 4.89. The average Bonchev–Trinajstić information content (AvgIpc) is 2.39. The second-order valence-electron chi connectivity index (χ2n) is 4.09. The van der Waals surface area contributed by atoms with Crippen molar-refractivity contribution in [1.29, 1.82) is 0 Å². The summed E-state index contributed by atoms with van der Waals surface area (Å²) >= 11 is 3.53. The van der Waals surface area contributed by atoms with Crippen molar-refractivity contribution in [3.05, 3.63) is 28.8 Å². The Balaban J connectivity index is 2.59. The van der Waals surface area contributed by atoms with Crippen LogP contribution in [0.3, 0.4) is 0 Å². The summed E-state index contributed by atoms with van der Waals surface area (Å²) in [5.41, 5.74) is 1.68. The SMILES string of the molecule is CNc1nc(-c2ccncn2)nc(C(C)C)c1Br.